The van der Waals surface area contributed by atoms with Gasteiger partial charge in [-0.15, -0.1) is 0 Å². The molecular weight excluding hydrogens is 318 g/mol. The van der Waals surface area contributed by atoms with E-state index in [4.69, 9.17) is 9.26 Å². The number of esters is 1. The number of nitrogens with zero attached hydrogens (tertiary/aromatic N) is 2. The lowest BCUT2D eigenvalue weighted by Gasteiger charge is -2.03. The van der Waals surface area contributed by atoms with Crippen molar-refractivity contribution >= 4 is 5.97 Å². The smallest absolute Gasteiger partial charge is 0.338 e. The first-order valence-corrected chi connectivity index (χ1v) is 7.05. The molecule has 5 nitrogen and oxygen atoms in total. The van der Waals surface area contributed by atoms with Crippen LogP contribution < -0.4 is 0 Å². The molecule has 0 unspecified atom stereocenters. The number of carbonyl (C=O) groups excluding carboxylic acids is 1. The standard InChI is InChI=1S/C17H12F2N2O3/c1-10-5-6-12(8-14(10)19)17(22)23-9-15-20-16(21-24-15)11-3-2-4-13(18)7-11/h2-8H,9H2,1H3. The number of benzene rings is 2. The van der Waals surface area contributed by atoms with Gasteiger partial charge in [-0.05, 0) is 36.8 Å². The molecule has 0 amide bonds. The van der Waals surface area contributed by atoms with Crippen molar-refractivity contribution in [3.8, 4) is 11.4 Å². The fourth-order valence-corrected chi connectivity index (χ4v) is 1.99. The maximum absolute atomic E-state index is 13.4. The molecule has 0 bridgehead atoms. The van der Waals surface area contributed by atoms with E-state index in [0.717, 1.165) is 6.07 Å². The van der Waals surface area contributed by atoms with E-state index in [1.165, 1.54) is 30.3 Å². The molecule has 2 aromatic carbocycles. The monoisotopic (exact) mass is 330 g/mol. The lowest BCUT2D eigenvalue weighted by Crippen LogP contribution is -2.06. The third kappa shape index (κ3) is 3.45. The first kappa shape index (κ1) is 15.8. The Morgan fingerprint density at radius 1 is 1.21 bits per heavy atom. The first-order valence-electron chi connectivity index (χ1n) is 7.05. The fraction of sp³-hybridized carbons (Fsp3) is 0.118. The van der Waals surface area contributed by atoms with E-state index in [0.29, 0.717) is 11.1 Å². The molecule has 0 aliphatic heterocycles. The number of carbonyl (C=O) groups is 1. The fourth-order valence-electron chi connectivity index (χ4n) is 1.99. The summed E-state index contributed by atoms with van der Waals surface area (Å²) >= 11 is 0. The molecule has 0 spiro atoms. The van der Waals surface area contributed by atoms with Crippen LogP contribution in [0.2, 0.25) is 0 Å². The van der Waals surface area contributed by atoms with Crippen molar-refractivity contribution in [1.29, 1.82) is 0 Å². The van der Waals surface area contributed by atoms with Gasteiger partial charge in [-0.3, -0.25) is 0 Å². The Hall–Kier alpha value is -3.09. The molecule has 122 valence electrons. The molecule has 0 saturated carbocycles. The molecule has 1 heterocycles. The Bertz CT molecular complexity index is 893. The third-order valence-corrected chi connectivity index (χ3v) is 3.29. The summed E-state index contributed by atoms with van der Waals surface area (Å²) in [6, 6.07) is 9.76. The summed E-state index contributed by atoms with van der Waals surface area (Å²) < 4.78 is 36.6. The molecule has 0 aliphatic carbocycles. The molecule has 3 rings (SSSR count). The topological polar surface area (TPSA) is 65.2 Å². The zero-order chi connectivity index (χ0) is 17.1. The Morgan fingerprint density at radius 3 is 2.79 bits per heavy atom. The average Bonchev–Trinajstić information content (AvgIpc) is 3.04. The number of rotatable bonds is 4. The highest BCUT2D eigenvalue weighted by atomic mass is 19.1. The highest BCUT2D eigenvalue weighted by molar-refractivity contribution is 5.89. The van der Waals surface area contributed by atoms with Gasteiger partial charge in [0.25, 0.3) is 5.89 Å². The van der Waals surface area contributed by atoms with Gasteiger partial charge >= 0.3 is 5.97 Å². The lowest BCUT2D eigenvalue weighted by atomic mass is 10.1. The lowest BCUT2D eigenvalue weighted by molar-refractivity contribution is 0.0429. The van der Waals surface area contributed by atoms with Crippen molar-refractivity contribution in [3.63, 3.8) is 0 Å². The zero-order valence-electron chi connectivity index (χ0n) is 12.6. The van der Waals surface area contributed by atoms with Gasteiger partial charge in [-0.25, -0.2) is 13.6 Å². The normalized spacial score (nSPS) is 10.6. The minimum atomic E-state index is -0.709. The van der Waals surface area contributed by atoms with Crippen LogP contribution in [0.25, 0.3) is 11.4 Å². The highest BCUT2D eigenvalue weighted by Gasteiger charge is 2.14. The van der Waals surface area contributed by atoms with Gasteiger partial charge in [0.1, 0.15) is 11.6 Å². The van der Waals surface area contributed by atoms with Crippen molar-refractivity contribution in [2.75, 3.05) is 0 Å². The second kappa shape index (κ2) is 6.57. The van der Waals surface area contributed by atoms with Crippen LogP contribution in [-0.4, -0.2) is 16.1 Å². The van der Waals surface area contributed by atoms with Crippen molar-refractivity contribution in [1.82, 2.24) is 10.1 Å². The van der Waals surface area contributed by atoms with Crippen molar-refractivity contribution in [2.45, 2.75) is 13.5 Å². The van der Waals surface area contributed by atoms with Crippen LogP contribution in [0.4, 0.5) is 8.78 Å². The van der Waals surface area contributed by atoms with Crippen LogP contribution in [-0.2, 0) is 11.3 Å². The largest absolute Gasteiger partial charge is 0.452 e. The molecule has 7 heteroatoms. The second-order valence-corrected chi connectivity index (χ2v) is 5.06. The molecule has 3 aromatic rings. The van der Waals surface area contributed by atoms with Crippen LogP contribution in [0.5, 0.6) is 0 Å². The Labute approximate surface area is 135 Å². The van der Waals surface area contributed by atoms with E-state index in [2.05, 4.69) is 10.1 Å². The molecule has 0 radical (unpaired) electrons. The summed E-state index contributed by atoms with van der Waals surface area (Å²) in [5.41, 5.74) is 0.961. The number of aromatic nitrogens is 2. The van der Waals surface area contributed by atoms with Crippen LogP contribution in [0.1, 0.15) is 21.8 Å². The maximum atomic E-state index is 13.4. The second-order valence-electron chi connectivity index (χ2n) is 5.06. The summed E-state index contributed by atoms with van der Waals surface area (Å²) in [6.07, 6.45) is 0. The Kier molecular flexibility index (Phi) is 4.33. The molecule has 0 fully saturated rings. The van der Waals surface area contributed by atoms with Gasteiger partial charge < -0.3 is 9.26 Å². The SMILES string of the molecule is Cc1ccc(C(=O)OCc2nc(-c3cccc(F)c3)no2)cc1F. The molecule has 0 saturated heterocycles. The van der Waals surface area contributed by atoms with Crippen LogP contribution in [0.3, 0.4) is 0 Å². The summed E-state index contributed by atoms with van der Waals surface area (Å²) in [4.78, 5) is 15.9. The highest BCUT2D eigenvalue weighted by Crippen LogP contribution is 2.17. The van der Waals surface area contributed by atoms with Crippen molar-refractivity contribution < 1.29 is 22.8 Å². The van der Waals surface area contributed by atoms with Gasteiger partial charge in [0, 0.05) is 5.56 Å². The maximum Gasteiger partial charge on any atom is 0.338 e. The molecule has 1 aromatic heterocycles. The Balaban J connectivity index is 1.67. The van der Waals surface area contributed by atoms with Gasteiger partial charge in [-0.2, -0.15) is 4.98 Å². The average molecular weight is 330 g/mol. The van der Waals surface area contributed by atoms with Crippen LogP contribution in [0.15, 0.2) is 47.0 Å². The quantitative estimate of drug-likeness (QED) is 0.683. The van der Waals surface area contributed by atoms with Gasteiger partial charge in [0.05, 0.1) is 5.56 Å². The zero-order valence-corrected chi connectivity index (χ0v) is 12.6. The van der Waals surface area contributed by atoms with E-state index < -0.39 is 17.6 Å². The predicted octanol–water partition coefficient (Wildman–Crippen LogP) is 3.68. The number of halogens is 2. The molecule has 0 aliphatic rings. The summed E-state index contributed by atoms with van der Waals surface area (Å²) in [6.45, 7) is 1.33. The van der Waals surface area contributed by atoms with E-state index in [1.54, 1.807) is 13.0 Å². The van der Waals surface area contributed by atoms with E-state index in [-0.39, 0.29) is 23.9 Å². The van der Waals surface area contributed by atoms with Crippen molar-refractivity contribution in [2.24, 2.45) is 0 Å². The minimum Gasteiger partial charge on any atom is -0.452 e. The Morgan fingerprint density at radius 2 is 2.04 bits per heavy atom. The number of aryl methyl sites for hydroxylation is 1. The van der Waals surface area contributed by atoms with Crippen molar-refractivity contribution in [3.05, 3.63) is 71.1 Å². The summed E-state index contributed by atoms with van der Waals surface area (Å²) in [7, 11) is 0. The minimum absolute atomic E-state index is 0.0511. The van der Waals surface area contributed by atoms with E-state index in [9.17, 15) is 13.6 Å². The molecular formula is C17H12F2N2O3. The van der Waals surface area contributed by atoms with Gasteiger partial charge in [0.15, 0.2) is 6.61 Å². The number of ether oxygens (including phenoxy) is 1. The summed E-state index contributed by atoms with van der Waals surface area (Å²) in [5, 5.41) is 3.70. The number of hydrogen-bond donors (Lipinski definition) is 0. The van der Waals surface area contributed by atoms with Crippen LogP contribution >= 0.6 is 0 Å². The predicted molar refractivity (Wildman–Crippen MR) is 79.9 cm³/mol. The molecule has 24 heavy (non-hydrogen) atoms. The first-order chi connectivity index (χ1) is 11.5. The van der Waals surface area contributed by atoms with Crippen LogP contribution in [0, 0.1) is 18.6 Å². The van der Waals surface area contributed by atoms with E-state index >= 15 is 0 Å². The third-order valence-electron chi connectivity index (χ3n) is 3.29. The molecule has 0 N–H and O–H groups in total. The number of hydrogen-bond acceptors (Lipinski definition) is 5. The van der Waals surface area contributed by atoms with E-state index in [1.807, 2.05) is 0 Å². The van der Waals surface area contributed by atoms with Gasteiger partial charge in [0.2, 0.25) is 5.82 Å². The van der Waals surface area contributed by atoms with Gasteiger partial charge in [-0.1, -0.05) is 23.4 Å². The summed E-state index contributed by atoms with van der Waals surface area (Å²) in [5.74, 6) is -1.39. The molecule has 0 atom stereocenters.